The molecule has 2 atom stereocenters. The van der Waals surface area contributed by atoms with Crippen LogP contribution in [0.5, 0.6) is 0 Å². The van der Waals surface area contributed by atoms with Crippen LogP contribution < -0.4 is 10.6 Å². The van der Waals surface area contributed by atoms with Gasteiger partial charge in [-0.25, -0.2) is 0 Å². The van der Waals surface area contributed by atoms with Gasteiger partial charge in [-0.3, -0.25) is 9.59 Å². The Balaban J connectivity index is 2.06. The summed E-state index contributed by atoms with van der Waals surface area (Å²) < 4.78 is 5.21. The van der Waals surface area contributed by atoms with Crippen molar-refractivity contribution in [2.75, 3.05) is 19.7 Å². The van der Waals surface area contributed by atoms with Crippen LogP contribution in [-0.4, -0.2) is 43.0 Å². The molecule has 2 N–H and O–H groups in total. The van der Waals surface area contributed by atoms with Gasteiger partial charge in [0.1, 0.15) is 11.5 Å². The fraction of sp³-hybridized carbons (Fsp3) is 0.800. The maximum atomic E-state index is 11.4. The number of hydrogen-bond acceptors (Lipinski definition) is 3. The first-order chi connectivity index (χ1) is 7.61. The predicted molar refractivity (Wildman–Crippen MR) is 60.3 cm³/mol. The molecule has 2 amide bonds. The average molecular weight is 249 g/mol. The molecule has 5 nitrogen and oxygen atoms in total. The first kappa shape index (κ1) is 13.3. The number of alkyl halides is 1. The molecule has 0 aromatic carbocycles. The SMILES string of the molecule is CC(Cl)C(=O)NCCNC(=O)C1CCCO1. The van der Waals surface area contributed by atoms with Crippen LogP contribution in [0.25, 0.3) is 0 Å². The number of nitrogens with one attached hydrogen (secondary N) is 2. The van der Waals surface area contributed by atoms with Crippen LogP contribution in [-0.2, 0) is 14.3 Å². The average Bonchev–Trinajstić information content (AvgIpc) is 2.76. The third kappa shape index (κ3) is 4.37. The Morgan fingerprint density at radius 3 is 2.69 bits per heavy atom. The Morgan fingerprint density at radius 2 is 2.12 bits per heavy atom. The molecular formula is C10H17ClN2O3. The van der Waals surface area contributed by atoms with Crippen molar-refractivity contribution in [1.29, 1.82) is 0 Å². The number of amides is 2. The molecule has 6 heteroatoms. The van der Waals surface area contributed by atoms with E-state index in [0.717, 1.165) is 12.8 Å². The molecule has 1 saturated heterocycles. The highest BCUT2D eigenvalue weighted by Gasteiger charge is 2.22. The summed E-state index contributed by atoms with van der Waals surface area (Å²) in [6.07, 6.45) is 1.39. The summed E-state index contributed by atoms with van der Waals surface area (Å²) in [4.78, 5) is 22.5. The molecule has 1 heterocycles. The Kier molecular flexibility index (Phi) is 5.55. The summed E-state index contributed by atoms with van der Waals surface area (Å²) in [5.74, 6) is -0.335. The largest absolute Gasteiger partial charge is 0.368 e. The van der Waals surface area contributed by atoms with Crippen LogP contribution in [0, 0.1) is 0 Å². The van der Waals surface area contributed by atoms with Gasteiger partial charge in [-0.05, 0) is 19.8 Å². The van der Waals surface area contributed by atoms with Gasteiger partial charge in [0.2, 0.25) is 11.8 Å². The van der Waals surface area contributed by atoms with E-state index in [1.54, 1.807) is 6.92 Å². The topological polar surface area (TPSA) is 67.4 Å². The zero-order chi connectivity index (χ0) is 12.0. The molecule has 0 aromatic heterocycles. The normalized spacial score (nSPS) is 21.5. The number of rotatable bonds is 5. The Labute approximate surface area is 99.9 Å². The second-order valence-corrected chi connectivity index (χ2v) is 4.35. The second kappa shape index (κ2) is 6.70. The Hall–Kier alpha value is -0.810. The smallest absolute Gasteiger partial charge is 0.249 e. The van der Waals surface area contributed by atoms with Crippen molar-refractivity contribution < 1.29 is 14.3 Å². The summed E-state index contributed by atoms with van der Waals surface area (Å²) in [6, 6.07) is 0. The zero-order valence-corrected chi connectivity index (χ0v) is 10.0. The minimum atomic E-state index is -0.547. The van der Waals surface area contributed by atoms with E-state index in [4.69, 9.17) is 16.3 Å². The summed E-state index contributed by atoms with van der Waals surface area (Å²) in [7, 11) is 0. The Bertz CT molecular complexity index is 252. The molecule has 1 rings (SSSR count). The van der Waals surface area contributed by atoms with Gasteiger partial charge in [-0.2, -0.15) is 0 Å². The second-order valence-electron chi connectivity index (χ2n) is 3.70. The monoisotopic (exact) mass is 248 g/mol. The summed E-state index contributed by atoms with van der Waals surface area (Å²) in [5, 5.41) is 4.75. The molecule has 0 aromatic rings. The van der Waals surface area contributed by atoms with Crippen LogP contribution in [0.3, 0.4) is 0 Å². The number of halogens is 1. The van der Waals surface area contributed by atoms with E-state index in [9.17, 15) is 9.59 Å². The van der Waals surface area contributed by atoms with E-state index < -0.39 is 5.38 Å². The molecule has 2 unspecified atom stereocenters. The summed E-state index contributed by atoms with van der Waals surface area (Å²) in [6.45, 7) is 3.03. The zero-order valence-electron chi connectivity index (χ0n) is 9.29. The summed E-state index contributed by atoms with van der Waals surface area (Å²) in [5.41, 5.74) is 0. The quantitative estimate of drug-likeness (QED) is 0.533. The maximum Gasteiger partial charge on any atom is 0.249 e. The molecule has 0 spiro atoms. The number of carbonyl (C=O) groups excluding carboxylic acids is 2. The minimum absolute atomic E-state index is 0.106. The molecule has 0 bridgehead atoms. The van der Waals surface area contributed by atoms with Gasteiger partial charge in [-0.15, -0.1) is 11.6 Å². The number of ether oxygens (including phenoxy) is 1. The van der Waals surface area contributed by atoms with Crippen LogP contribution in [0.4, 0.5) is 0 Å². The molecular weight excluding hydrogens is 232 g/mol. The standard InChI is InChI=1S/C10H17ClN2O3/c1-7(11)9(14)12-4-5-13-10(15)8-3-2-6-16-8/h7-8H,2-6H2,1H3,(H,12,14)(H,13,15). The molecule has 0 aliphatic carbocycles. The first-order valence-electron chi connectivity index (χ1n) is 5.42. The van der Waals surface area contributed by atoms with E-state index in [2.05, 4.69) is 10.6 Å². The minimum Gasteiger partial charge on any atom is -0.368 e. The maximum absolute atomic E-state index is 11.4. The highest BCUT2D eigenvalue weighted by atomic mass is 35.5. The van der Waals surface area contributed by atoms with Gasteiger partial charge in [0.15, 0.2) is 0 Å². The van der Waals surface area contributed by atoms with Crippen molar-refractivity contribution >= 4 is 23.4 Å². The van der Waals surface area contributed by atoms with Crippen LogP contribution in [0.15, 0.2) is 0 Å². The van der Waals surface area contributed by atoms with E-state index >= 15 is 0 Å². The highest BCUT2D eigenvalue weighted by Crippen LogP contribution is 2.11. The third-order valence-corrected chi connectivity index (χ3v) is 2.51. The van der Waals surface area contributed by atoms with E-state index in [0.29, 0.717) is 19.7 Å². The van der Waals surface area contributed by atoms with Gasteiger partial charge in [0, 0.05) is 19.7 Å². The van der Waals surface area contributed by atoms with Crippen molar-refractivity contribution in [3.05, 3.63) is 0 Å². The summed E-state index contributed by atoms with van der Waals surface area (Å²) >= 11 is 5.55. The molecule has 1 aliphatic rings. The number of carbonyl (C=O) groups is 2. The van der Waals surface area contributed by atoms with Crippen molar-refractivity contribution in [3.8, 4) is 0 Å². The molecule has 0 saturated carbocycles. The van der Waals surface area contributed by atoms with E-state index in [1.165, 1.54) is 0 Å². The van der Waals surface area contributed by atoms with Crippen molar-refractivity contribution in [2.24, 2.45) is 0 Å². The molecule has 1 fully saturated rings. The first-order valence-corrected chi connectivity index (χ1v) is 5.86. The van der Waals surface area contributed by atoms with Gasteiger partial charge in [0.05, 0.1) is 0 Å². The van der Waals surface area contributed by atoms with Crippen LogP contribution in [0.2, 0.25) is 0 Å². The van der Waals surface area contributed by atoms with E-state index in [1.807, 2.05) is 0 Å². The predicted octanol–water partition coefficient (Wildman–Crippen LogP) is 0.0251. The molecule has 1 aliphatic heterocycles. The van der Waals surface area contributed by atoms with Crippen molar-refractivity contribution in [2.45, 2.75) is 31.2 Å². The fourth-order valence-electron chi connectivity index (χ4n) is 1.41. The van der Waals surface area contributed by atoms with Gasteiger partial charge >= 0.3 is 0 Å². The lowest BCUT2D eigenvalue weighted by molar-refractivity contribution is -0.130. The highest BCUT2D eigenvalue weighted by molar-refractivity contribution is 6.30. The van der Waals surface area contributed by atoms with E-state index in [-0.39, 0.29) is 17.9 Å². The Morgan fingerprint density at radius 1 is 1.44 bits per heavy atom. The lowest BCUT2D eigenvalue weighted by atomic mass is 10.2. The third-order valence-electron chi connectivity index (χ3n) is 2.31. The van der Waals surface area contributed by atoms with Gasteiger partial charge in [-0.1, -0.05) is 0 Å². The van der Waals surface area contributed by atoms with Crippen LogP contribution in [0.1, 0.15) is 19.8 Å². The lowest BCUT2D eigenvalue weighted by Gasteiger charge is -2.11. The van der Waals surface area contributed by atoms with Gasteiger partial charge in [0.25, 0.3) is 0 Å². The lowest BCUT2D eigenvalue weighted by Crippen LogP contribution is -2.40. The number of hydrogen-bond donors (Lipinski definition) is 2. The molecule has 0 radical (unpaired) electrons. The fourth-order valence-corrected chi connectivity index (χ4v) is 1.49. The molecule has 92 valence electrons. The molecule has 16 heavy (non-hydrogen) atoms. The van der Waals surface area contributed by atoms with Crippen LogP contribution >= 0.6 is 11.6 Å². The van der Waals surface area contributed by atoms with Crippen molar-refractivity contribution in [1.82, 2.24) is 10.6 Å². The van der Waals surface area contributed by atoms with Crippen molar-refractivity contribution in [3.63, 3.8) is 0 Å². The van der Waals surface area contributed by atoms with Gasteiger partial charge < -0.3 is 15.4 Å².